The molecule has 164 valence electrons. The van der Waals surface area contributed by atoms with Gasteiger partial charge in [-0.2, -0.15) is 13.2 Å². The Labute approximate surface area is 184 Å². The van der Waals surface area contributed by atoms with Crippen LogP contribution in [0.15, 0.2) is 48.9 Å². The summed E-state index contributed by atoms with van der Waals surface area (Å²) in [7, 11) is 0. The Bertz CT molecular complexity index is 1370. The van der Waals surface area contributed by atoms with E-state index in [-0.39, 0.29) is 11.1 Å². The minimum atomic E-state index is -4.54. The summed E-state index contributed by atoms with van der Waals surface area (Å²) in [5.41, 5.74) is 1.33. The molecule has 0 aliphatic carbocycles. The molecule has 0 atom stereocenters. The number of alkyl halides is 3. The second-order valence-electron chi connectivity index (χ2n) is 9.89. The molecule has 0 fully saturated rings. The molecule has 7 heteroatoms. The Balaban J connectivity index is 1.88. The van der Waals surface area contributed by atoms with Crippen LogP contribution in [0.2, 0.25) is 0 Å². The van der Waals surface area contributed by atoms with Gasteiger partial charge in [-0.1, -0.05) is 45.0 Å². The summed E-state index contributed by atoms with van der Waals surface area (Å²) >= 11 is 0. The first kappa shape index (κ1) is 20.7. The summed E-state index contributed by atoms with van der Waals surface area (Å²) in [6.07, 6.45) is -2.26. The molecule has 4 aromatic rings. The van der Waals surface area contributed by atoms with E-state index in [9.17, 15) is 13.2 Å². The average molecular weight is 436 g/mol. The molecule has 0 radical (unpaired) electrons. The van der Waals surface area contributed by atoms with Gasteiger partial charge in [-0.3, -0.25) is 9.55 Å². The van der Waals surface area contributed by atoms with Gasteiger partial charge in [0.25, 0.3) is 0 Å². The van der Waals surface area contributed by atoms with Crippen molar-refractivity contribution in [3.8, 4) is 16.9 Å². The van der Waals surface area contributed by atoms with Crippen LogP contribution in [-0.4, -0.2) is 19.7 Å². The van der Waals surface area contributed by atoms with E-state index in [1.807, 2.05) is 38.1 Å². The lowest BCUT2D eigenvalue weighted by molar-refractivity contribution is -0.137. The number of halogens is 3. The molecule has 0 saturated heterocycles. The number of hydrogen-bond donors (Lipinski definition) is 0. The molecule has 0 saturated carbocycles. The van der Waals surface area contributed by atoms with E-state index in [2.05, 4.69) is 48.1 Å². The number of rotatable bonds is 1. The number of nitrogens with zero attached hydrogens (tertiary/aromatic N) is 4. The second-order valence-corrected chi connectivity index (χ2v) is 9.89. The normalized spacial score (nSPS) is 15.1. The van der Waals surface area contributed by atoms with E-state index < -0.39 is 17.2 Å². The molecular weight excluding hydrogens is 413 g/mol. The minimum Gasteiger partial charge on any atom is -0.284 e. The molecule has 1 aliphatic rings. The van der Waals surface area contributed by atoms with Crippen molar-refractivity contribution in [2.24, 2.45) is 0 Å². The Morgan fingerprint density at radius 2 is 1.69 bits per heavy atom. The first-order valence-corrected chi connectivity index (χ1v) is 10.5. The first-order chi connectivity index (χ1) is 14.9. The van der Waals surface area contributed by atoms with Crippen molar-refractivity contribution in [2.75, 3.05) is 0 Å². The van der Waals surface area contributed by atoms with E-state index in [1.165, 1.54) is 10.9 Å². The number of pyridine rings is 1. The van der Waals surface area contributed by atoms with Crippen LogP contribution < -0.4 is 0 Å². The monoisotopic (exact) mass is 436 g/mol. The van der Waals surface area contributed by atoms with Crippen LogP contribution in [0.5, 0.6) is 0 Å². The standard InChI is InChI=1S/C25H23F3N4/c1-23(2,3)17-11-15(10-14-8-6-7-9-16(14)17)20-19-21(18(12-29-20)25(26,27)28)32-13-30-31-22(32)24(19,4)5/h6-13H,1-5H3. The fourth-order valence-electron chi connectivity index (χ4n) is 4.77. The van der Waals surface area contributed by atoms with Gasteiger partial charge in [0.15, 0.2) is 0 Å². The van der Waals surface area contributed by atoms with E-state index in [4.69, 9.17) is 0 Å². The van der Waals surface area contributed by atoms with Gasteiger partial charge < -0.3 is 0 Å². The third-order valence-electron chi connectivity index (χ3n) is 6.27. The number of benzene rings is 2. The van der Waals surface area contributed by atoms with E-state index in [0.717, 1.165) is 28.1 Å². The second kappa shape index (κ2) is 6.40. The molecule has 5 rings (SSSR count). The highest BCUT2D eigenvalue weighted by Gasteiger charge is 2.47. The van der Waals surface area contributed by atoms with Gasteiger partial charge in [0.2, 0.25) is 0 Å². The molecule has 32 heavy (non-hydrogen) atoms. The van der Waals surface area contributed by atoms with Gasteiger partial charge >= 0.3 is 6.18 Å². The zero-order valence-corrected chi connectivity index (χ0v) is 18.5. The summed E-state index contributed by atoms with van der Waals surface area (Å²) in [5, 5.41) is 10.2. The van der Waals surface area contributed by atoms with Gasteiger partial charge in [0.1, 0.15) is 12.2 Å². The molecule has 2 aromatic heterocycles. The third-order valence-corrected chi connectivity index (χ3v) is 6.27. The van der Waals surface area contributed by atoms with Crippen LogP contribution >= 0.6 is 0 Å². The van der Waals surface area contributed by atoms with Crippen molar-refractivity contribution < 1.29 is 13.2 Å². The fraction of sp³-hybridized carbons (Fsp3) is 0.320. The highest BCUT2D eigenvalue weighted by Crippen LogP contribution is 2.50. The molecule has 4 nitrogen and oxygen atoms in total. The SMILES string of the molecule is CC(C)(C)c1cc(-c2ncc(C(F)(F)F)c3c2C(C)(C)c2nncn2-3)cc2ccccc12. The van der Waals surface area contributed by atoms with E-state index in [1.54, 1.807) is 0 Å². The van der Waals surface area contributed by atoms with E-state index >= 15 is 0 Å². The Kier molecular flexibility index (Phi) is 4.14. The fourth-order valence-corrected chi connectivity index (χ4v) is 4.77. The van der Waals surface area contributed by atoms with E-state index in [0.29, 0.717) is 17.1 Å². The number of fused-ring (bicyclic) bond motifs is 4. The topological polar surface area (TPSA) is 43.6 Å². The average Bonchev–Trinajstić information content (AvgIpc) is 3.28. The minimum absolute atomic E-state index is 0.0676. The highest BCUT2D eigenvalue weighted by molar-refractivity contribution is 5.92. The summed E-state index contributed by atoms with van der Waals surface area (Å²) in [5.74, 6) is 0.476. The maximum atomic E-state index is 14.0. The lowest BCUT2D eigenvalue weighted by Gasteiger charge is -2.25. The Morgan fingerprint density at radius 3 is 2.38 bits per heavy atom. The molecule has 0 amide bonds. The molecule has 2 aromatic carbocycles. The predicted octanol–water partition coefficient (Wildman–Crippen LogP) is 6.44. The quantitative estimate of drug-likeness (QED) is 0.345. The maximum absolute atomic E-state index is 14.0. The van der Waals surface area contributed by atoms with Crippen molar-refractivity contribution in [1.29, 1.82) is 0 Å². The first-order valence-electron chi connectivity index (χ1n) is 10.5. The van der Waals surface area contributed by atoms with Crippen molar-refractivity contribution in [1.82, 2.24) is 19.7 Å². The molecule has 0 N–H and O–H groups in total. The summed E-state index contributed by atoms with van der Waals surface area (Å²) in [4.78, 5) is 4.39. The van der Waals surface area contributed by atoms with Crippen molar-refractivity contribution in [3.05, 3.63) is 71.4 Å². The number of aromatic nitrogens is 4. The molecule has 0 unspecified atom stereocenters. The van der Waals surface area contributed by atoms with Crippen molar-refractivity contribution in [2.45, 2.75) is 51.6 Å². The summed E-state index contributed by atoms with van der Waals surface area (Å²) < 4.78 is 43.3. The van der Waals surface area contributed by atoms with Crippen LogP contribution in [0.1, 0.15) is 57.1 Å². The van der Waals surface area contributed by atoms with Crippen molar-refractivity contribution in [3.63, 3.8) is 0 Å². The Hall–Kier alpha value is -3.22. The van der Waals surface area contributed by atoms with Crippen LogP contribution in [-0.2, 0) is 17.0 Å². The molecule has 0 bridgehead atoms. The van der Waals surface area contributed by atoms with Crippen LogP contribution in [0.3, 0.4) is 0 Å². The maximum Gasteiger partial charge on any atom is 0.419 e. The molecule has 1 aliphatic heterocycles. The van der Waals surface area contributed by atoms with Gasteiger partial charge in [0.05, 0.1) is 22.4 Å². The van der Waals surface area contributed by atoms with Crippen LogP contribution in [0.4, 0.5) is 13.2 Å². The van der Waals surface area contributed by atoms with Crippen LogP contribution in [0.25, 0.3) is 27.7 Å². The summed E-state index contributed by atoms with van der Waals surface area (Å²) in [6, 6.07) is 12.1. The Morgan fingerprint density at radius 1 is 0.969 bits per heavy atom. The molecule has 0 spiro atoms. The third kappa shape index (κ3) is 2.87. The number of hydrogen-bond acceptors (Lipinski definition) is 3. The molecular formula is C25H23F3N4. The zero-order chi connectivity index (χ0) is 23.1. The van der Waals surface area contributed by atoms with Crippen molar-refractivity contribution >= 4 is 10.8 Å². The van der Waals surface area contributed by atoms with Crippen LogP contribution in [0, 0.1) is 0 Å². The molecule has 3 heterocycles. The summed E-state index contributed by atoms with van der Waals surface area (Å²) in [6.45, 7) is 10.1. The smallest absolute Gasteiger partial charge is 0.284 e. The lowest BCUT2D eigenvalue weighted by atomic mass is 9.79. The largest absolute Gasteiger partial charge is 0.419 e. The lowest BCUT2D eigenvalue weighted by Crippen LogP contribution is -2.20. The predicted molar refractivity (Wildman–Crippen MR) is 118 cm³/mol. The zero-order valence-electron chi connectivity index (χ0n) is 18.5. The van der Waals surface area contributed by atoms with Gasteiger partial charge in [0, 0.05) is 17.3 Å². The van der Waals surface area contributed by atoms with Gasteiger partial charge in [-0.05, 0) is 47.7 Å². The van der Waals surface area contributed by atoms with Gasteiger partial charge in [-0.15, -0.1) is 10.2 Å². The van der Waals surface area contributed by atoms with Gasteiger partial charge in [-0.25, -0.2) is 0 Å². The highest BCUT2D eigenvalue weighted by atomic mass is 19.4.